The largest absolute Gasteiger partial charge is 0.457 e. The van der Waals surface area contributed by atoms with Crippen molar-refractivity contribution in [1.29, 1.82) is 0 Å². The maximum absolute atomic E-state index is 13.0. The number of carbonyl (C=O) groups excluding carboxylic acids is 1. The van der Waals surface area contributed by atoms with Crippen molar-refractivity contribution in [1.82, 2.24) is 4.98 Å². The zero-order chi connectivity index (χ0) is 22.4. The Kier molecular flexibility index (Phi) is 4.73. The quantitative estimate of drug-likeness (QED) is 0.324. The Labute approximate surface area is 194 Å². The van der Waals surface area contributed by atoms with Crippen LogP contribution in [0.5, 0.6) is 11.5 Å². The van der Waals surface area contributed by atoms with E-state index in [-0.39, 0.29) is 5.91 Å². The summed E-state index contributed by atoms with van der Waals surface area (Å²) in [4.78, 5) is 19.1. The first kappa shape index (κ1) is 19.8. The number of hydrogen-bond donors (Lipinski definition) is 2. The second kappa shape index (κ2) is 7.90. The molecule has 6 heteroatoms. The lowest BCUT2D eigenvalue weighted by molar-refractivity contribution is 0.103. The second-order valence-corrected chi connectivity index (χ2v) is 9.25. The van der Waals surface area contributed by atoms with Crippen LogP contribution in [0.3, 0.4) is 0 Å². The van der Waals surface area contributed by atoms with Crippen LogP contribution in [-0.4, -0.2) is 10.9 Å². The average molecular weight is 452 g/mol. The molecule has 1 amide bonds. The van der Waals surface area contributed by atoms with Gasteiger partial charge in [0.15, 0.2) is 0 Å². The first-order valence-electron chi connectivity index (χ1n) is 10.9. The van der Waals surface area contributed by atoms with Gasteiger partial charge in [-0.3, -0.25) is 4.79 Å². The number of para-hydroxylation sites is 1. The lowest BCUT2D eigenvalue weighted by atomic mass is 10.1. The molecule has 2 heterocycles. The molecule has 0 aliphatic heterocycles. The fourth-order valence-corrected chi connectivity index (χ4v) is 5.34. The normalized spacial score (nSPS) is 12.7. The van der Waals surface area contributed by atoms with Gasteiger partial charge in [-0.25, -0.2) is 4.98 Å². The summed E-state index contributed by atoms with van der Waals surface area (Å²) in [6.07, 6.45) is 3.43. The van der Waals surface area contributed by atoms with Crippen molar-refractivity contribution in [2.75, 3.05) is 11.1 Å². The molecule has 3 N–H and O–H groups in total. The van der Waals surface area contributed by atoms with Crippen molar-refractivity contribution < 1.29 is 9.53 Å². The maximum Gasteiger partial charge on any atom is 0.267 e. The van der Waals surface area contributed by atoms with E-state index in [0.717, 1.165) is 39.7 Å². The summed E-state index contributed by atoms with van der Waals surface area (Å²) in [5, 5.41) is 4.85. The van der Waals surface area contributed by atoms with E-state index >= 15 is 0 Å². The number of nitrogens with one attached hydrogen (secondary N) is 1. The number of carbonyl (C=O) groups is 1. The second-order valence-electron chi connectivity index (χ2n) is 8.25. The Morgan fingerprint density at radius 2 is 1.67 bits per heavy atom. The van der Waals surface area contributed by atoms with Gasteiger partial charge >= 0.3 is 0 Å². The minimum Gasteiger partial charge on any atom is -0.457 e. The van der Waals surface area contributed by atoms with Crippen molar-refractivity contribution in [2.45, 2.75) is 19.3 Å². The monoisotopic (exact) mass is 451 g/mol. The van der Waals surface area contributed by atoms with E-state index in [2.05, 4.69) is 23.5 Å². The standard InChI is InChI=1S/C27H21N3O2S/c28-24-22-14-18-13-16-5-4-6-17(16)15-23(18)30-27(22)33-25(24)26(31)29-19-9-11-21(12-10-19)32-20-7-2-1-3-8-20/h1-3,7-15H,4-6,28H2,(H,29,31). The third-order valence-electron chi connectivity index (χ3n) is 6.02. The van der Waals surface area contributed by atoms with E-state index in [0.29, 0.717) is 22.0 Å². The fraction of sp³-hybridized carbons (Fsp3) is 0.111. The van der Waals surface area contributed by atoms with Crippen LogP contribution in [0.1, 0.15) is 27.2 Å². The van der Waals surface area contributed by atoms with Gasteiger partial charge in [0, 0.05) is 16.5 Å². The average Bonchev–Trinajstić information content (AvgIpc) is 3.42. The van der Waals surface area contributed by atoms with Crippen LogP contribution in [0.4, 0.5) is 11.4 Å². The highest BCUT2D eigenvalue weighted by atomic mass is 32.1. The van der Waals surface area contributed by atoms with Crippen LogP contribution >= 0.6 is 11.3 Å². The lowest BCUT2D eigenvalue weighted by Crippen LogP contribution is -2.11. The van der Waals surface area contributed by atoms with E-state index in [4.69, 9.17) is 15.5 Å². The van der Waals surface area contributed by atoms with Crippen LogP contribution in [0.25, 0.3) is 21.1 Å². The number of nitrogens with two attached hydrogens (primary N) is 1. The molecule has 0 fully saturated rings. The van der Waals surface area contributed by atoms with Crippen molar-refractivity contribution in [3.05, 3.63) is 88.8 Å². The number of aromatic nitrogens is 1. The van der Waals surface area contributed by atoms with Gasteiger partial charge in [0.05, 0.1) is 11.2 Å². The van der Waals surface area contributed by atoms with Crippen molar-refractivity contribution in [2.24, 2.45) is 0 Å². The number of anilines is 2. The van der Waals surface area contributed by atoms with E-state index < -0.39 is 0 Å². The molecule has 5 aromatic rings. The van der Waals surface area contributed by atoms with Crippen LogP contribution < -0.4 is 15.8 Å². The summed E-state index contributed by atoms with van der Waals surface area (Å²) in [7, 11) is 0. The van der Waals surface area contributed by atoms with Gasteiger partial charge in [0.1, 0.15) is 21.2 Å². The number of rotatable bonds is 4. The Balaban J connectivity index is 1.25. The molecular weight excluding hydrogens is 430 g/mol. The molecule has 2 aromatic heterocycles. The molecule has 0 saturated carbocycles. The van der Waals surface area contributed by atoms with Gasteiger partial charge in [-0.15, -0.1) is 11.3 Å². The number of thiophene rings is 1. The van der Waals surface area contributed by atoms with Crippen LogP contribution in [0.2, 0.25) is 0 Å². The summed E-state index contributed by atoms with van der Waals surface area (Å²) < 4.78 is 5.81. The number of pyridine rings is 1. The number of aryl methyl sites for hydroxylation is 2. The predicted octanol–water partition coefficient (Wildman–Crippen LogP) is 6.57. The maximum atomic E-state index is 13.0. The lowest BCUT2D eigenvalue weighted by Gasteiger charge is -2.08. The molecule has 1 aliphatic carbocycles. The van der Waals surface area contributed by atoms with E-state index in [1.165, 1.54) is 28.9 Å². The Hall–Kier alpha value is -3.90. The van der Waals surface area contributed by atoms with Crippen LogP contribution in [0, 0.1) is 0 Å². The first-order chi connectivity index (χ1) is 16.1. The first-order valence-corrected chi connectivity index (χ1v) is 11.7. The Morgan fingerprint density at radius 3 is 2.45 bits per heavy atom. The zero-order valence-corrected chi connectivity index (χ0v) is 18.6. The molecule has 1 aliphatic rings. The third-order valence-corrected chi connectivity index (χ3v) is 7.14. The summed E-state index contributed by atoms with van der Waals surface area (Å²) in [6, 6.07) is 23.3. The summed E-state index contributed by atoms with van der Waals surface area (Å²) in [5.74, 6) is 1.22. The van der Waals surface area contributed by atoms with Crippen molar-refractivity contribution in [3.63, 3.8) is 0 Å². The SMILES string of the molecule is Nc1c(C(=O)Nc2ccc(Oc3ccccc3)cc2)sc2nc3cc4c(cc3cc12)CCC4. The molecule has 0 atom stereocenters. The Bertz CT molecular complexity index is 1510. The van der Waals surface area contributed by atoms with Gasteiger partial charge in [-0.05, 0) is 85.0 Å². The smallest absolute Gasteiger partial charge is 0.267 e. The molecule has 3 aromatic carbocycles. The predicted molar refractivity (Wildman–Crippen MR) is 134 cm³/mol. The molecule has 0 radical (unpaired) electrons. The van der Waals surface area contributed by atoms with E-state index in [1.807, 2.05) is 54.6 Å². The van der Waals surface area contributed by atoms with Crippen LogP contribution in [0.15, 0.2) is 72.8 Å². The summed E-state index contributed by atoms with van der Waals surface area (Å²) in [5.41, 5.74) is 11.3. The number of ether oxygens (including phenoxy) is 1. The van der Waals surface area contributed by atoms with Gasteiger partial charge in [0.25, 0.3) is 5.91 Å². The van der Waals surface area contributed by atoms with Crippen molar-refractivity contribution >= 4 is 49.7 Å². The molecule has 0 bridgehead atoms. The zero-order valence-electron chi connectivity index (χ0n) is 17.8. The van der Waals surface area contributed by atoms with E-state index in [1.54, 1.807) is 0 Å². The molecule has 0 spiro atoms. The third kappa shape index (κ3) is 3.68. The summed E-state index contributed by atoms with van der Waals surface area (Å²) >= 11 is 1.33. The molecule has 33 heavy (non-hydrogen) atoms. The number of fused-ring (bicyclic) bond motifs is 3. The summed E-state index contributed by atoms with van der Waals surface area (Å²) in [6.45, 7) is 0. The van der Waals surface area contributed by atoms with Gasteiger partial charge < -0.3 is 15.8 Å². The Morgan fingerprint density at radius 1 is 0.939 bits per heavy atom. The van der Waals surface area contributed by atoms with E-state index in [9.17, 15) is 4.79 Å². The highest BCUT2D eigenvalue weighted by molar-refractivity contribution is 7.21. The van der Waals surface area contributed by atoms with Crippen molar-refractivity contribution in [3.8, 4) is 11.5 Å². The van der Waals surface area contributed by atoms with Gasteiger partial charge in [0.2, 0.25) is 0 Å². The molecule has 0 unspecified atom stereocenters. The highest BCUT2D eigenvalue weighted by Gasteiger charge is 2.19. The molecular formula is C27H21N3O2S. The van der Waals surface area contributed by atoms with Crippen LogP contribution in [-0.2, 0) is 12.8 Å². The number of hydrogen-bond acceptors (Lipinski definition) is 5. The number of nitrogens with zero attached hydrogens (tertiary/aromatic N) is 1. The molecule has 162 valence electrons. The minimum atomic E-state index is -0.237. The molecule has 0 saturated heterocycles. The molecule has 5 nitrogen and oxygen atoms in total. The topological polar surface area (TPSA) is 77.2 Å². The van der Waals surface area contributed by atoms with Gasteiger partial charge in [-0.2, -0.15) is 0 Å². The number of amides is 1. The number of benzene rings is 3. The highest BCUT2D eigenvalue weighted by Crippen LogP contribution is 2.36. The molecule has 6 rings (SSSR count). The minimum absolute atomic E-state index is 0.237. The van der Waals surface area contributed by atoms with Gasteiger partial charge in [-0.1, -0.05) is 18.2 Å². The fourth-order valence-electron chi connectivity index (χ4n) is 4.36. The number of nitrogen functional groups attached to an aromatic ring is 1.